The summed E-state index contributed by atoms with van der Waals surface area (Å²) in [4.78, 5) is 15.8. The molecule has 22 heavy (non-hydrogen) atoms. The van der Waals surface area contributed by atoms with Crippen LogP contribution in [0.2, 0.25) is 0 Å². The molecule has 130 valence electrons. The van der Waals surface area contributed by atoms with Gasteiger partial charge in [0.15, 0.2) is 5.96 Å². The Labute approximate surface area is 136 Å². The molecule has 5 nitrogen and oxygen atoms in total. The van der Waals surface area contributed by atoms with Crippen LogP contribution in [0.5, 0.6) is 0 Å². The van der Waals surface area contributed by atoms with E-state index >= 15 is 0 Å². The molecular weight excluding hydrogens is 278 g/mol. The molecule has 0 amide bonds. The second-order valence-electron chi connectivity index (χ2n) is 7.13. The number of unbranched alkanes of at least 4 members (excludes halogenated alkanes) is 3. The maximum atomic E-state index is 11.5. The van der Waals surface area contributed by atoms with E-state index in [-0.39, 0.29) is 11.6 Å². The van der Waals surface area contributed by atoms with Gasteiger partial charge in [0.1, 0.15) is 5.60 Å². The zero-order valence-corrected chi connectivity index (χ0v) is 15.1. The van der Waals surface area contributed by atoms with Crippen LogP contribution in [0.1, 0.15) is 73.1 Å². The quantitative estimate of drug-likeness (QED) is 0.281. The molecule has 0 fully saturated rings. The highest BCUT2D eigenvalue weighted by atomic mass is 16.6. The third kappa shape index (κ3) is 15.1. The summed E-state index contributed by atoms with van der Waals surface area (Å²) in [5, 5.41) is 3.12. The van der Waals surface area contributed by atoms with Gasteiger partial charge in [-0.15, -0.1) is 0 Å². The average molecular weight is 313 g/mol. The molecule has 0 saturated heterocycles. The molecule has 0 aliphatic heterocycles. The van der Waals surface area contributed by atoms with Crippen molar-refractivity contribution in [1.82, 2.24) is 5.32 Å². The topological polar surface area (TPSA) is 76.7 Å². The second-order valence-corrected chi connectivity index (χ2v) is 7.13. The maximum absolute atomic E-state index is 11.5. The minimum atomic E-state index is -0.383. The summed E-state index contributed by atoms with van der Waals surface area (Å²) >= 11 is 0. The number of nitrogens with two attached hydrogens (primary N) is 1. The first-order valence-electron chi connectivity index (χ1n) is 8.46. The summed E-state index contributed by atoms with van der Waals surface area (Å²) in [5.74, 6) is 1.10. The number of carbonyl (C=O) groups excluding carboxylic acids is 1. The van der Waals surface area contributed by atoms with E-state index in [9.17, 15) is 4.79 Å². The first-order valence-corrected chi connectivity index (χ1v) is 8.46. The van der Waals surface area contributed by atoms with Crippen molar-refractivity contribution >= 4 is 11.9 Å². The summed E-state index contributed by atoms with van der Waals surface area (Å²) in [6, 6.07) is 0. The van der Waals surface area contributed by atoms with E-state index in [1.54, 1.807) is 0 Å². The van der Waals surface area contributed by atoms with Gasteiger partial charge in [0.05, 0.1) is 0 Å². The molecule has 0 heterocycles. The summed E-state index contributed by atoms with van der Waals surface area (Å²) in [6.45, 7) is 11.7. The third-order valence-corrected chi connectivity index (χ3v) is 3.02. The number of carbonyl (C=O) groups is 1. The van der Waals surface area contributed by atoms with Crippen LogP contribution in [0.25, 0.3) is 0 Å². The zero-order chi connectivity index (χ0) is 17.0. The van der Waals surface area contributed by atoms with Gasteiger partial charge >= 0.3 is 5.97 Å². The number of nitrogens with zero attached hydrogens (tertiary/aromatic N) is 1. The fraction of sp³-hybridized carbons (Fsp3) is 0.882. The smallest absolute Gasteiger partial charge is 0.306 e. The van der Waals surface area contributed by atoms with Crippen molar-refractivity contribution in [2.24, 2.45) is 16.6 Å². The Morgan fingerprint density at radius 1 is 1.18 bits per heavy atom. The van der Waals surface area contributed by atoms with E-state index in [2.05, 4.69) is 24.2 Å². The molecule has 0 rings (SSSR count). The molecule has 0 spiro atoms. The van der Waals surface area contributed by atoms with Crippen molar-refractivity contribution in [1.29, 1.82) is 0 Å². The number of ether oxygens (including phenoxy) is 1. The van der Waals surface area contributed by atoms with E-state index in [0.29, 0.717) is 18.3 Å². The molecule has 0 unspecified atom stereocenters. The number of aliphatic imine (C=N–C) groups is 1. The number of rotatable bonds is 10. The Kier molecular flexibility index (Phi) is 10.7. The zero-order valence-electron chi connectivity index (χ0n) is 15.1. The number of nitrogens with one attached hydrogen (secondary N) is 1. The van der Waals surface area contributed by atoms with Crippen LogP contribution in [0.4, 0.5) is 0 Å². The highest BCUT2D eigenvalue weighted by molar-refractivity contribution is 5.77. The molecule has 0 aliphatic carbocycles. The highest BCUT2D eigenvalue weighted by Gasteiger charge is 2.15. The van der Waals surface area contributed by atoms with Gasteiger partial charge in [0, 0.05) is 19.5 Å². The van der Waals surface area contributed by atoms with Gasteiger partial charge in [-0.25, -0.2) is 0 Å². The van der Waals surface area contributed by atoms with Crippen molar-refractivity contribution in [3.05, 3.63) is 0 Å². The van der Waals surface area contributed by atoms with Crippen LogP contribution in [0.15, 0.2) is 4.99 Å². The molecule has 0 radical (unpaired) electrons. The lowest BCUT2D eigenvalue weighted by molar-refractivity contribution is -0.154. The standard InChI is InChI=1S/C17H35N3O2/c1-14(2)11-13-20-16(18)19-12-9-7-6-8-10-15(21)22-17(3,4)5/h14H,6-13H2,1-5H3,(H3,18,19,20). The predicted molar refractivity (Wildman–Crippen MR) is 92.9 cm³/mol. The van der Waals surface area contributed by atoms with Crippen molar-refractivity contribution in [3.8, 4) is 0 Å². The molecular formula is C17H35N3O2. The predicted octanol–water partition coefficient (Wildman–Crippen LogP) is 3.23. The van der Waals surface area contributed by atoms with Crippen LogP contribution in [0, 0.1) is 5.92 Å². The van der Waals surface area contributed by atoms with Crippen molar-refractivity contribution < 1.29 is 9.53 Å². The van der Waals surface area contributed by atoms with Gasteiger partial charge < -0.3 is 15.8 Å². The van der Waals surface area contributed by atoms with E-state index in [1.807, 2.05) is 20.8 Å². The van der Waals surface area contributed by atoms with Crippen molar-refractivity contribution in [2.75, 3.05) is 13.1 Å². The number of hydrogen-bond acceptors (Lipinski definition) is 3. The second kappa shape index (κ2) is 11.3. The molecule has 0 aromatic carbocycles. The first-order chi connectivity index (χ1) is 10.2. The van der Waals surface area contributed by atoms with E-state index in [0.717, 1.165) is 45.2 Å². The van der Waals surface area contributed by atoms with Crippen molar-refractivity contribution in [2.45, 2.75) is 78.7 Å². The third-order valence-electron chi connectivity index (χ3n) is 3.02. The van der Waals surface area contributed by atoms with Crippen LogP contribution in [-0.4, -0.2) is 30.6 Å². The van der Waals surface area contributed by atoms with Gasteiger partial charge in [-0.1, -0.05) is 26.7 Å². The van der Waals surface area contributed by atoms with Gasteiger partial charge in [-0.2, -0.15) is 0 Å². The van der Waals surface area contributed by atoms with Crippen LogP contribution in [-0.2, 0) is 9.53 Å². The Hall–Kier alpha value is -1.26. The van der Waals surface area contributed by atoms with E-state index < -0.39 is 0 Å². The first kappa shape index (κ1) is 20.7. The van der Waals surface area contributed by atoms with E-state index in [4.69, 9.17) is 10.5 Å². The Morgan fingerprint density at radius 3 is 2.41 bits per heavy atom. The van der Waals surface area contributed by atoms with Crippen LogP contribution >= 0.6 is 0 Å². The molecule has 5 heteroatoms. The fourth-order valence-corrected chi connectivity index (χ4v) is 1.87. The summed E-state index contributed by atoms with van der Waals surface area (Å²) < 4.78 is 5.27. The van der Waals surface area contributed by atoms with Crippen molar-refractivity contribution in [3.63, 3.8) is 0 Å². The minimum Gasteiger partial charge on any atom is -0.460 e. The SMILES string of the molecule is CC(C)CCNC(N)=NCCCCCCC(=O)OC(C)(C)C. The summed E-state index contributed by atoms with van der Waals surface area (Å²) in [6.07, 6.45) is 5.56. The lowest BCUT2D eigenvalue weighted by atomic mass is 10.1. The lowest BCUT2D eigenvalue weighted by Gasteiger charge is -2.19. The highest BCUT2D eigenvalue weighted by Crippen LogP contribution is 2.11. The lowest BCUT2D eigenvalue weighted by Crippen LogP contribution is -2.33. The summed E-state index contributed by atoms with van der Waals surface area (Å²) in [5.41, 5.74) is 5.39. The Bertz CT molecular complexity index is 333. The molecule has 0 bridgehead atoms. The molecule has 0 aromatic heterocycles. The normalized spacial score (nSPS) is 12.5. The molecule has 0 aromatic rings. The maximum Gasteiger partial charge on any atom is 0.306 e. The molecule has 3 N–H and O–H groups in total. The molecule has 0 saturated carbocycles. The largest absolute Gasteiger partial charge is 0.460 e. The van der Waals surface area contributed by atoms with Gasteiger partial charge in [-0.05, 0) is 46.0 Å². The van der Waals surface area contributed by atoms with E-state index in [1.165, 1.54) is 0 Å². The number of hydrogen-bond donors (Lipinski definition) is 2. The molecule has 0 atom stereocenters. The Morgan fingerprint density at radius 2 is 1.82 bits per heavy atom. The fourth-order valence-electron chi connectivity index (χ4n) is 1.87. The molecule has 0 aliphatic rings. The van der Waals surface area contributed by atoms with Crippen LogP contribution < -0.4 is 11.1 Å². The minimum absolute atomic E-state index is 0.107. The summed E-state index contributed by atoms with van der Waals surface area (Å²) in [7, 11) is 0. The van der Waals surface area contributed by atoms with Gasteiger partial charge in [-0.3, -0.25) is 9.79 Å². The number of guanidine groups is 1. The Balaban J connectivity index is 3.51. The average Bonchev–Trinajstić information content (AvgIpc) is 2.35. The number of esters is 1. The monoisotopic (exact) mass is 313 g/mol. The van der Waals surface area contributed by atoms with Crippen LogP contribution in [0.3, 0.4) is 0 Å². The van der Waals surface area contributed by atoms with Gasteiger partial charge in [0.25, 0.3) is 0 Å². The van der Waals surface area contributed by atoms with Gasteiger partial charge in [0.2, 0.25) is 0 Å².